The number of carbonyl (C=O) groups excluding carboxylic acids is 1. The van der Waals surface area contributed by atoms with Crippen LogP contribution in [0, 0.1) is 0 Å². The Labute approximate surface area is 171 Å². The van der Waals surface area contributed by atoms with Gasteiger partial charge in [-0.15, -0.1) is 0 Å². The number of nitrogens with one attached hydrogen (secondary N) is 1. The van der Waals surface area contributed by atoms with E-state index in [9.17, 15) is 4.79 Å². The Morgan fingerprint density at radius 3 is 2.61 bits per heavy atom. The Morgan fingerprint density at radius 2 is 1.75 bits per heavy atom. The van der Waals surface area contributed by atoms with Crippen LogP contribution in [0.25, 0.3) is 22.4 Å². The number of carbonyl (C=O) groups is 1. The molecule has 5 rings (SSSR count). The molecule has 4 aromatic rings. The van der Waals surface area contributed by atoms with Crippen LogP contribution in [0.5, 0.6) is 0 Å². The average Bonchev–Trinajstić information content (AvgIpc) is 2.99. The molecule has 4 nitrogen and oxygen atoms in total. The predicted molar refractivity (Wildman–Crippen MR) is 113 cm³/mol. The largest absolute Gasteiger partial charge is 0.350 e. The first-order chi connectivity index (χ1) is 13.7. The van der Waals surface area contributed by atoms with E-state index in [0.29, 0.717) is 18.7 Å². The molecule has 2 heterocycles. The molecule has 0 bridgehead atoms. The third-order valence-electron chi connectivity index (χ3n) is 4.80. The van der Waals surface area contributed by atoms with Gasteiger partial charge in [-0.3, -0.25) is 4.79 Å². The highest BCUT2D eigenvalue weighted by Crippen LogP contribution is 2.37. The van der Waals surface area contributed by atoms with Gasteiger partial charge in [0, 0.05) is 33.5 Å². The predicted octanol–water partition coefficient (Wildman–Crippen LogP) is 5.25. The number of hydrogen-bond donors (Lipinski definition) is 1. The van der Waals surface area contributed by atoms with E-state index >= 15 is 0 Å². The fourth-order valence-corrected chi connectivity index (χ4v) is 4.61. The normalized spacial score (nSPS) is 13.4. The van der Waals surface area contributed by atoms with Crippen molar-refractivity contribution in [3.63, 3.8) is 0 Å². The van der Waals surface area contributed by atoms with Crippen molar-refractivity contribution in [1.29, 1.82) is 0 Å². The van der Waals surface area contributed by atoms with Crippen molar-refractivity contribution >= 4 is 40.3 Å². The minimum Gasteiger partial charge on any atom is -0.350 e. The molecule has 0 radical (unpaired) electrons. The summed E-state index contributed by atoms with van der Waals surface area (Å²) in [4.78, 5) is 19.5. The molecule has 6 heteroatoms. The average molecular weight is 406 g/mol. The molecule has 28 heavy (non-hydrogen) atoms. The van der Waals surface area contributed by atoms with Crippen LogP contribution < -0.4 is 5.32 Å². The fraction of sp³-hybridized carbons (Fsp3) is 0.0909. The minimum absolute atomic E-state index is 0.0420. The van der Waals surface area contributed by atoms with E-state index in [0.717, 1.165) is 37.2 Å². The molecule has 1 aliphatic rings. The van der Waals surface area contributed by atoms with Gasteiger partial charge in [-0.05, 0) is 42.5 Å². The lowest BCUT2D eigenvalue weighted by Gasteiger charge is -2.11. The summed E-state index contributed by atoms with van der Waals surface area (Å²) in [5.74, 6) is 0.843. The molecule has 1 aliphatic heterocycles. The molecule has 1 aromatic heterocycles. The van der Waals surface area contributed by atoms with Gasteiger partial charge in [0.15, 0.2) is 0 Å². The van der Waals surface area contributed by atoms with Gasteiger partial charge in [0.1, 0.15) is 5.82 Å². The molecule has 0 atom stereocenters. The van der Waals surface area contributed by atoms with Crippen molar-refractivity contribution in [3.05, 3.63) is 77.3 Å². The lowest BCUT2D eigenvalue weighted by molar-refractivity contribution is 0.0956. The maximum Gasteiger partial charge on any atom is 0.253 e. The lowest BCUT2D eigenvalue weighted by atomic mass is 10.1. The molecule has 1 N–H and O–H groups in total. The van der Waals surface area contributed by atoms with E-state index in [1.165, 1.54) is 0 Å². The van der Waals surface area contributed by atoms with Gasteiger partial charge < -0.3 is 9.88 Å². The van der Waals surface area contributed by atoms with Crippen LogP contribution in [0.3, 0.4) is 0 Å². The first-order valence-corrected chi connectivity index (χ1v) is 10.2. The number of amides is 1. The summed E-state index contributed by atoms with van der Waals surface area (Å²) in [5, 5.41) is 3.70. The van der Waals surface area contributed by atoms with Crippen molar-refractivity contribution < 1.29 is 4.79 Å². The standard InChI is InChI=1S/C22H16ClN3OS/c23-14-8-10-15(11-9-14)28-19-7-2-1-4-16(19)21-25-18-6-3-5-17-20(18)26(21)13-12-24-22(17)27/h1-11H,12-13H2,(H,24,27). The Morgan fingerprint density at radius 1 is 0.964 bits per heavy atom. The molecule has 0 unspecified atom stereocenters. The summed E-state index contributed by atoms with van der Waals surface area (Å²) in [6, 6.07) is 21.8. The maximum absolute atomic E-state index is 12.4. The van der Waals surface area contributed by atoms with Crippen molar-refractivity contribution in [2.75, 3.05) is 6.54 Å². The van der Waals surface area contributed by atoms with Gasteiger partial charge in [0.2, 0.25) is 0 Å². The number of nitrogens with zero attached hydrogens (tertiary/aromatic N) is 2. The minimum atomic E-state index is -0.0420. The summed E-state index contributed by atoms with van der Waals surface area (Å²) in [6.07, 6.45) is 0. The highest BCUT2D eigenvalue weighted by Gasteiger charge is 2.22. The van der Waals surface area contributed by atoms with Gasteiger partial charge in [-0.1, -0.05) is 47.6 Å². The van der Waals surface area contributed by atoms with E-state index in [4.69, 9.17) is 16.6 Å². The Bertz CT molecular complexity index is 1200. The second kappa shape index (κ2) is 7.00. The fourth-order valence-electron chi connectivity index (χ4n) is 3.54. The molecule has 3 aromatic carbocycles. The molecule has 0 saturated carbocycles. The van der Waals surface area contributed by atoms with E-state index in [1.54, 1.807) is 11.8 Å². The highest BCUT2D eigenvalue weighted by molar-refractivity contribution is 7.99. The number of benzene rings is 3. The van der Waals surface area contributed by atoms with Crippen molar-refractivity contribution in [2.45, 2.75) is 16.3 Å². The third kappa shape index (κ3) is 2.97. The molecule has 0 spiro atoms. The van der Waals surface area contributed by atoms with Gasteiger partial charge in [0.05, 0.1) is 16.6 Å². The zero-order valence-corrected chi connectivity index (χ0v) is 16.4. The Hall–Kier alpha value is -2.76. The van der Waals surface area contributed by atoms with E-state index < -0.39 is 0 Å². The number of para-hydroxylation sites is 1. The van der Waals surface area contributed by atoms with Crippen molar-refractivity contribution in [3.8, 4) is 11.4 Å². The Balaban J connectivity index is 1.67. The van der Waals surface area contributed by atoms with Crippen LogP contribution in [0.4, 0.5) is 0 Å². The number of imidazole rings is 1. The number of rotatable bonds is 3. The molecule has 0 aliphatic carbocycles. The van der Waals surface area contributed by atoms with E-state index in [-0.39, 0.29) is 5.91 Å². The molecule has 1 amide bonds. The SMILES string of the molecule is O=C1NCCn2c(-c3ccccc3Sc3ccc(Cl)cc3)nc3cccc1c32. The van der Waals surface area contributed by atoms with Gasteiger partial charge in [-0.2, -0.15) is 0 Å². The van der Waals surface area contributed by atoms with Gasteiger partial charge >= 0.3 is 0 Å². The molecular weight excluding hydrogens is 390 g/mol. The van der Waals surface area contributed by atoms with Crippen LogP contribution in [-0.2, 0) is 6.54 Å². The first-order valence-electron chi connectivity index (χ1n) is 9.01. The molecular formula is C22H16ClN3OS. The van der Waals surface area contributed by atoms with Gasteiger partial charge in [-0.25, -0.2) is 4.98 Å². The highest BCUT2D eigenvalue weighted by atomic mass is 35.5. The zero-order chi connectivity index (χ0) is 19.1. The monoisotopic (exact) mass is 405 g/mol. The Kier molecular flexibility index (Phi) is 4.34. The topological polar surface area (TPSA) is 46.9 Å². The van der Waals surface area contributed by atoms with Gasteiger partial charge in [0.25, 0.3) is 5.91 Å². The number of halogens is 1. The molecule has 138 valence electrons. The summed E-state index contributed by atoms with van der Waals surface area (Å²) in [6.45, 7) is 1.27. The van der Waals surface area contributed by atoms with Crippen LogP contribution in [0.1, 0.15) is 10.4 Å². The van der Waals surface area contributed by atoms with E-state index in [2.05, 4.69) is 22.0 Å². The maximum atomic E-state index is 12.4. The number of hydrogen-bond acceptors (Lipinski definition) is 3. The quantitative estimate of drug-likeness (QED) is 0.506. The molecule has 0 saturated heterocycles. The van der Waals surface area contributed by atoms with Crippen molar-refractivity contribution in [2.24, 2.45) is 0 Å². The summed E-state index contributed by atoms with van der Waals surface area (Å²) in [7, 11) is 0. The first kappa shape index (κ1) is 17.3. The summed E-state index contributed by atoms with van der Waals surface area (Å²) in [5.41, 5.74) is 3.48. The zero-order valence-electron chi connectivity index (χ0n) is 14.9. The number of aromatic nitrogens is 2. The van der Waals surface area contributed by atoms with Crippen LogP contribution in [0.2, 0.25) is 5.02 Å². The third-order valence-corrected chi connectivity index (χ3v) is 6.14. The van der Waals surface area contributed by atoms with E-state index in [1.807, 2.05) is 54.6 Å². The smallest absolute Gasteiger partial charge is 0.253 e. The van der Waals surface area contributed by atoms with Crippen LogP contribution in [-0.4, -0.2) is 22.0 Å². The summed E-state index contributed by atoms with van der Waals surface area (Å²) >= 11 is 7.70. The van der Waals surface area contributed by atoms with Crippen LogP contribution >= 0.6 is 23.4 Å². The van der Waals surface area contributed by atoms with Crippen molar-refractivity contribution in [1.82, 2.24) is 14.9 Å². The summed E-state index contributed by atoms with van der Waals surface area (Å²) < 4.78 is 2.16. The second-order valence-corrected chi connectivity index (χ2v) is 8.12. The lowest BCUT2D eigenvalue weighted by Crippen LogP contribution is -2.24. The van der Waals surface area contributed by atoms with Crippen LogP contribution in [0.15, 0.2) is 76.5 Å². The second-order valence-electron chi connectivity index (χ2n) is 6.57. The molecule has 0 fully saturated rings.